The van der Waals surface area contributed by atoms with E-state index in [1.54, 1.807) is 6.07 Å². The average Bonchev–Trinajstić information content (AvgIpc) is 1.80. The summed E-state index contributed by atoms with van der Waals surface area (Å²) < 4.78 is 0. The molecule has 0 aliphatic heterocycles. The van der Waals surface area contributed by atoms with Gasteiger partial charge in [-0.15, -0.1) is 0 Å². The minimum absolute atomic E-state index is 0. The second-order valence-corrected chi connectivity index (χ2v) is 2.74. The summed E-state index contributed by atoms with van der Waals surface area (Å²) in [5, 5.41) is 1.41. The van der Waals surface area contributed by atoms with Gasteiger partial charge in [0.05, 0.1) is 0 Å². The summed E-state index contributed by atoms with van der Waals surface area (Å²) in [6.07, 6.45) is 0. The molecule has 0 heterocycles. The Hall–Kier alpha value is 0.800. The topological polar surface area (TPSA) is 0 Å². The molecule has 49 valence electrons. The molecule has 0 aliphatic rings. The molecule has 0 spiro atoms. The first-order valence-electron chi connectivity index (χ1n) is 2.62. The Morgan fingerprint density at radius 3 is 2.20 bits per heavy atom. The molecule has 0 saturated carbocycles. The fourth-order valence-corrected chi connectivity index (χ4v) is 0.976. The predicted molar refractivity (Wildman–Crippen MR) is 47.0 cm³/mol. The molecule has 1 aromatic carbocycles. The van der Waals surface area contributed by atoms with Crippen LogP contribution in [0.5, 0.6) is 0 Å². The van der Waals surface area contributed by atoms with Gasteiger partial charge in [-0.1, -0.05) is 29.3 Å². The molecule has 1 aromatic rings. The van der Waals surface area contributed by atoms with E-state index in [4.69, 9.17) is 23.2 Å². The molecule has 0 amide bonds. The van der Waals surface area contributed by atoms with Crippen LogP contribution in [0.4, 0.5) is 0 Å². The van der Waals surface area contributed by atoms with Crippen LogP contribution in [0.1, 0.15) is 5.56 Å². The second-order valence-electron chi connectivity index (χ2n) is 1.89. The van der Waals surface area contributed by atoms with Crippen LogP contribution >= 0.6 is 23.2 Å². The van der Waals surface area contributed by atoms with Gasteiger partial charge in [0.25, 0.3) is 0 Å². The van der Waals surface area contributed by atoms with E-state index >= 15 is 0 Å². The first kappa shape index (κ1) is 10.8. The van der Waals surface area contributed by atoms with E-state index in [2.05, 4.69) is 0 Å². The Morgan fingerprint density at radius 2 is 1.80 bits per heavy atom. The summed E-state index contributed by atoms with van der Waals surface area (Å²) in [5.41, 5.74) is 1.06. The van der Waals surface area contributed by atoms with E-state index in [0.717, 1.165) is 10.6 Å². The summed E-state index contributed by atoms with van der Waals surface area (Å²) >= 11 is 11.4. The Bertz CT molecular complexity index is 223. The minimum atomic E-state index is 0. The van der Waals surface area contributed by atoms with Crippen molar-refractivity contribution in [1.29, 1.82) is 0 Å². The number of hydrogen-bond donors (Lipinski definition) is 0. The molecule has 0 saturated heterocycles. The Balaban J connectivity index is 0.000000810. The van der Waals surface area contributed by atoms with E-state index in [1.807, 2.05) is 19.1 Å². The maximum Gasteiger partial charge on any atom is 0.0449 e. The van der Waals surface area contributed by atoms with Gasteiger partial charge in [0.15, 0.2) is 0 Å². The van der Waals surface area contributed by atoms with Gasteiger partial charge in [0.2, 0.25) is 0 Å². The van der Waals surface area contributed by atoms with Crippen molar-refractivity contribution >= 4 is 52.8 Å². The van der Waals surface area contributed by atoms with Crippen molar-refractivity contribution in [3.63, 3.8) is 0 Å². The van der Waals surface area contributed by atoms with Gasteiger partial charge in [0.1, 0.15) is 0 Å². The molecule has 3 heteroatoms. The fraction of sp³-hybridized carbons (Fsp3) is 0.143. The maximum atomic E-state index is 5.73. The quantitative estimate of drug-likeness (QED) is 0.543. The molecule has 0 aromatic heterocycles. The first-order valence-corrected chi connectivity index (χ1v) is 3.37. The third-order valence-electron chi connectivity index (χ3n) is 1.13. The second kappa shape index (κ2) is 4.63. The standard InChI is InChI=1S/C7H6Cl2.Na/c1-5-2-3-6(8)4-7(5)9;/h2-4H,1H3;. The Morgan fingerprint density at radius 1 is 1.20 bits per heavy atom. The molecule has 1 radical (unpaired) electrons. The predicted octanol–water partition coefficient (Wildman–Crippen LogP) is 2.92. The number of halogens is 2. The molecule has 0 aliphatic carbocycles. The third kappa shape index (κ3) is 2.81. The van der Waals surface area contributed by atoms with Gasteiger partial charge in [-0.05, 0) is 24.6 Å². The van der Waals surface area contributed by atoms with E-state index in [-0.39, 0.29) is 29.6 Å². The fourth-order valence-electron chi connectivity index (χ4n) is 0.567. The normalized spacial score (nSPS) is 8.70. The Kier molecular flexibility index (Phi) is 5.00. The molecule has 0 unspecified atom stereocenters. The van der Waals surface area contributed by atoms with Crippen LogP contribution in [0, 0.1) is 6.92 Å². The monoisotopic (exact) mass is 183 g/mol. The maximum absolute atomic E-state index is 5.73. The van der Waals surface area contributed by atoms with E-state index in [0.29, 0.717) is 5.02 Å². The van der Waals surface area contributed by atoms with Crippen molar-refractivity contribution in [1.82, 2.24) is 0 Å². The zero-order valence-electron chi connectivity index (χ0n) is 5.99. The summed E-state index contributed by atoms with van der Waals surface area (Å²) in [6, 6.07) is 5.45. The van der Waals surface area contributed by atoms with Crippen LogP contribution in [-0.4, -0.2) is 29.6 Å². The number of hydrogen-bond acceptors (Lipinski definition) is 0. The van der Waals surface area contributed by atoms with Crippen molar-refractivity contribution < 1.29 is 0 Å². The zero-order valence-corrected chi connectivity index (χ0v) is 9.50. The third-order valence-corrected chi connectivity index (χ3v) is 1.78. The molecular formula is C7H6Cl2Na. The van der Waals surface area contributed by atoms with Crippen molar-refractivity contribution in [2.24, 2.45) is 0 Å². The molecule has 0 nitrogen and oxygen atoms in total. The van der Waals surface area contributed by atoms with Crippen LogP contribution < -0.4 is 0 Å². The van der Waals surface area contributed by atoms with Gasteiger partial charge >= 0.3 is 0 Å². The molecule has 0 bridgehead atoms. The van der Waals surface area contributed by atoms with Crippen LogP contribution in [0.2, 0.25) is 10.0 Å². The number of aryl methyl sites for hydroxylation is 1. The summed E-state index contributed by atoms with van der Waals surface area (Å²) in [7, 11) is 0. The van der Waals surface area contributed by atoms with Crippen molar-refractivity contribution in [3.8, 4) is 0 Å². The van der Waals surface area contributed by atoms with Crippen LogP contribution in [0.25, 0.3) is 0 Å². The minimum Gasteiger partial charge on any atom is -0.0843 e. The van der Waals surface area contributed by atoms with Gasteiger partial charge < -0.3 is 0 Å². The average molecular weight is 184 g/mol. The van der Waals surface area contributed by atoms with Gasteiger partial charge in [-0.3, -0.25) is 0 Å². The van der Waals surface area contributed by atoms with Crippen LogP contribution in [-0.2, 0) is 0 Å². The number of benzene rings is 1. The molecule has 10 heavy (non-hydrogen) atoms. The van der Waals surface area contributed by atoms with Crippen molar-refractivity contribution in [2.75, 3.05) is 0 Å². The van der Waals surface area contributed by atoms with Crippen LogP contribution in [0.15, 0.2) is 18.2 Å². The van der Waals surface area contributed by atoms with Gasteiger partial charge in [-0.25, -0.2) is 0 Å². The number of rotatable bonds is 0. The van der Waals surface area contributed by atoms with E-state index in [1.165, 1.54) is 0 Å². The molecule has 0 atom stereocenters. The molecule has 0 fully saturated rings. The largest absolute Gasteiger partial charge is 0.0843 e. The molecule has 0 N–H and O–H groups in total. The molecular weight excluding hydrogens is 178 g/mol. The Labute approximate surface area is 92.8 Å². The molecule has 1 rings (SSSR count). The van der Waals surface area contributed by atoms with Crippen LogP contribution in [0.3, 0.4) is 0 Å². The summed E-state index contributed by atoms with van der Waals surface area (Å²) in [4.78, 5) is 0. The zero-order chi connectivity index (χ0) is 6.85. The SMILES string of the molecule is Cc1ccc(Cl)cc1Cl.[Na]. The smallest absolute Gasteiger partial charge is 0.0449 e. The van der Waals surface area contributed by atoms with E-state index < -0.39 is 0 Å². The van der Waals surface area contributed by atoms with Gasteiger partial charge in [0, 0.05) is 39.6 Å². The van der Waals surface area contributed by atoms with Crippen molar-refractivity contribution in [2.45, 2.75) is 6.92 Å². The summed E-state index contributed by atoms with van der Waals surface area (Å²) in [6.45, 7) is 1.94. The van der Waals surface area contributed by atoms with E-state index in [9.17, 15) is 0 Å². The van der Waals surface area contributed by atoms with Gasteiger partial charge in [-0.2, -0.15) is 0 Å². The first-order chi connectivity index (χ1) is 4.20. The van der Waals surface area contributed by atoms with Crippen molar-refractivity contribution in [3.05, 3.63) is 33.8 Å². The summed E-state index contributed by atoms with van der Waals surface area (Å²) in [5.74, 6) is 0.